The van der Waals surface area contributed by atoms with Crippen molar-refractivity contribution in [1.82, 2.24) is 15.1 Å². The number of fused-ring (bicyclic) bond motifs is 1. The second-order valence-corrected chi connectivity index (χ2v) is 7.18. The van der Waals surface area contributed by atoms with E-state index in [9.17, 15) is 23.5 Å². The Hall–Kier alpha value is -3.47. The highest BCUT2D eigenvalue weighted by atomic mass is 19.3. The average molecular weight is 436 g/mol. The van der Waals surface area contributed by atoms with Gasteiger partial charge in [-0.05, 0) is 38.1 Å². The van der Waals surface area contributed by atoms with Gasteiger partial charge in [-0.25, -0.2) is 8.78 Å². The van der Waals surface area contributed by atoms with E-state index in [1.807, 2.05) is 0 Å². The molecule has 0 aliphatic rings. The minimum absolute atomic E-state index is 0.0130. The van der Waals surface area contributed by atoms with Crippen LogP contribution < -0.4 is 15.8 Å². The molecular formula is C20H22F2N4O5. The number of benzene rings is 1. The summed E-state index contributed by atoms with van der Waals surface area (Å²) < 4.78 is 37.7. The van der Waals surface area contributed by atoms with Crippen LogP contribution in [0.4, 0.5) is 8.78 Å². The summed E-state index contributed by atoms with van der Waals surface area (Å²) in [4.78, 5) is 24.4. The molecule has 2 heterocycles. The molecule has 0 saturated heterocycles. The molecule has 3 rings (SSSR count). The monoisotopic (exact) mass is 436 g/mol. The standard InChI is InChI=1S/C20H22F2N4O5/c1-11-17(18(28)25-20(2,10-27)19(23)29)14-7-13(3-4-15(14)31-11)30-9-12-5-6-24-26(12)8-16(21)22/h3-7,16,27H,8-10H2,1-2H3,(H2,23,29)(H,25,28). The molecule has 1 unspecified atom stereocenters. The number of nitrogens with two attached hydrogens (primary N) is 1. The van der Waals surface area contributed by atoms with Crippen molar-refractivity contribution >= 4 is 22.8 Å². The number of nitrogens with one attached hydrogen (secondary N) is 1. The molecule has 11 heteroatoms. The summed E-state index contributed by atoms with van der Waals surface area (Å²) in [6.07, 6.45) is -1.14. The molecule has 0 radical (unpaired) electrons. The van der Waals surface area contributed by atoms with Gasteiger partial charge in [-0.1, -0.05) is 0 Å². The Morgan fingerprint density at radius 2 is 2.13 bits per heavy atom. The third kappa shape index (κ3) is 4.66. The van der Waals surface area contributed by atoms with Crippen molar-refractivity contribution in [2.75, 3.05) is 6.61 Å². The maximum atomic E-state index is 12.8. The number of aryl methyl sites for hydroxylation is 1. The van der Waals surface area contributed by atoms with E-state index < -0.39 is 36.9 Å². The van der Waals surface area contributed by atoms with Gasteiger partial charge in [-0.15, -0.1) is 0 Å². The van der Waals surface area contributed by atoms with Crippen molar-refractivity contribution in [1.29, 1.82) is 0 Å². The lowest BCUT2D eigenvalue weighted by molar-refractivity contribution is -0.124. The van der Waals surface area contributed by atoms with Gasteiger partial charge in [0.2, 0.25) is 5.91 Å². The van der Waals surface area contributed by atoms with E-state index in [0.29, 0.717) is 28.2 Å². The van der Waals surface area contributed by atoms with Gasteiger partial charge in [-0.3, -0.25) is 14.3 Å². The Kier molecular flexibility index (Phi) is 6.25. The van der Waals surface area contributed by atoms with Gasteiger partial charge in [0.1, 0.15) is 35.8 Å². The summed E-state index contributed by atoms with van der Waals surface area (Å²) in [5.74, 6) is -0.881. The van der Waals surface area contributed by atoms with Crippen molar-refractivity contribution in [3.05, 3.63) is 47.5 Å². The highest BCUT2D eigenvalue weighted by Gasteiger charge is 2.34. The lowest BCUT2D eigenvalue weighted by Crippen LogP contribution is -2.57. The van der Waals surface area contributed by atoms with E-state index in [4.69, 9.17) is 14.9 Å². The third-order valence-corrected chi connectivity index (χ3v) is 4.81. The molecular weight excluding hydrogens is 414 g/mol. The molecule has 0 fully saturated rings. The molecule has 2 aromatic heterocycles. The molecule has 3 aromatic rings. The third-order valence-electron chi connectivity index (χ3n) is 4.81. The van der Waals surface area contributed by atoms with Gasteiger partial charge in [0, 0.05) is 11.6 Å². The first-order chi connectivity index (χ1) is 14.6. The Balaban J connectivity index is 1.85. The molecule has 0 spiro atoms. The maximum Gasteiger partial charge on any atom is 0.257 e. The van der Waals surface area contributed by atoms with Crippen LogP contribution in [0.3, 0.4) is 0 Å². The molecule has 1 atom stereocenters. The highest BCUT2D eigenvalue weighted by molar-refractivity contribution is 6.09. The van der Waals surface area contributed by atoms with Crippen LogP contribution in [0, 0.1) is 6.92 Å². The maximum absolute atomic E-state index is 12.8. The normalized spacial score (nSPS) is 13.4. The largest absolute Gasteiger partial charge is 0.487 e. The summed E-state index contributed by atoms with van der Waals surface area (Å²) in [6, 6.07) is 6.35. The topological polar surface area (TPSA) is 133 Å². The fourth-order valence-corrected chi connectivity index (χ4v) is 3.00. The second-order valence-electron chi connectivity index (χ2n) is 7.18. The van der Waals surface area contributed by atoms with E-state index in [1.54, 1.807) is 31.2 Å². The number of aliphatic hydroxyl groups is 1. The van der Waals surface area contributed by atoms with Crippen LogP contribution in [0.1, 0.15) is 28.7 Å². The number of aliphatic hydroxyl groups excluding tert-OH is 1. The molecule has 31 heavy (non-hydrogen) atoms. The molecule has 4 N–H and O–H groups in total. The number of ether oxygens (including phenoxy) is 1. The minimum Gasteiger partial charge on any atom is -0.487 e. The van der Waals surface area contributed by atoms with E-state index in [2.05, 4.69) is 10.4 Å². The van der Waals surface area contributed by atoms with E-state index >= 15 is 0 Å². The number of rotatable bonds is 9. The Labute approximate surface area is 175 Å². The van der Waals surface area contributed by atoms with Gasteiger partial charge in [0.25, 0.3) is 12.3 Å². The fourth-order valence-electron chi connectivity index (χ4n) is 3.00. The number of halogens is 2. The zero-order valence-electron chi connectivity index (χ0n) is 16.9. The molecule has 166 valence electrons. The summed E-state index contributed by atoms with van der Waals surface area (Å²) in [7, 11) is 0. The summed E-state index contributed by atoms with van der Waals surface area (Å²) in [5, 5.41) is 16.1. The van der Waals surface area contributed by atoms with Gasteiger partial charge in [0.05, 0.1) is 17.9 Å². The predicted octanol–water partition coefficient (Wildman–Crippen LogP) is 1.75. The zero-order valence-corrected chi connectivity index (χ0v) is 16.9. The van der Waals surface area contributed by atoms with Gasteiger partial charge in [-0.2, -0.15) is 5.10 Å². The van der Waals surface area contributed by atoms with Gasteiger partial charge in [0.15, 0.2) is 0 Å². The highest BCUT2D eigenvalue weighted by Crippen LogP contribution is 2.30. The van der Waals surface area contributed by atoms with Crippen molar-refractivity contribution in [3.63, 3.8) is 0 Å². The summed E-state index contributed by atoms with van der Waals surface area (Å²) in [5.41, 5.74) is 4.65. The molecule has 2 amide bonds. The smallest absolute Gasteiger partial charge is 0.257 e. The first kappa shape index (κ1) is 22.2. The predicted molar refractivity (Wildman–Crippen MR) is 106 cm³/mol. The van der Waals surface area contributed by atoms with Crippen molar-refractivity contribution in [2.45, 2.75) is 39.0 Å². The van der Waals surface area contributed by atoms with E-state index in [-0.39, 0.29) is 12.2 Å². The number of aromatic nitrogens is 2. The Morgan fingerprint density at radius 3 is 2.77 bits per heavy atom. The fraction of sp³-hybridized carbons (Fsp3) is 0.350. The number of carbonyl (C=O) groups excluding carboxylic acids is 2. The number of primary amides is 1. The van der Waals surface area contributed by atoms with Crippen LogP contribution in [0.5, 0.6) is 5.75 Å². The zero-order chi connectivity index (χ0) is 22.8. The number of hydrogen-bond acceptors (Lipinski definition) is 6. The van der Waals surface area contributed by atoms with Crippen LogP contribution in [-0.4, -0.2) is 45.3 Å². The van der Waals surface area contributed by atoms with Crippen molar-refractivity contribution < 1.29 is 32.6 Å². The summed E-state index contributed by atoms with van der Waals surface area (Å²) >= 11 is 0. The number of furan rings is 1. The van der Waals surface area contributed by atoms with Gasteiger partial charge >= 0.3 is 0 Å². The number of carbonyl (C=O) groups is 2. The van der Waals surface area contributed by atoms with Crippen LogP contribution in [-0.2, 0) is 17.9 Å². The van der Waals surface area contributed by atoms with Crippen LogP contribution in [0.15, 0.2) is 34.9 Å². The molecule has 0 aliphatic heterocycles. The molecule has 1 aromatic carbocycles. The SMILES string of the molecule is Cc1oc2ccc(OCc3ccnn3CC(F)F)cc2c1C(=O)NC(C)(CO)C(N)=O. The molecule has 9 nitrogen and oxygen atoms in total. The Morgan fingerprint density at radius 1 is 1.39 bits per heavy atom. The lowest BCUT2D eigenvalue weighted by atomic mass is 10.0. The van der Waals surface area contributed by atoms with Crippen molar-refractivity contribution in [3.8, 4) is 5.75 Å². The van der Waals surface area contributed by atoms with E-state index in [1.165, 1.54) is 13.1 Å². The number of hydrogen-bond donors (Lipinski definition) is 3. The van der Waals surface area contributed by atoms with Crippen LogP contribution in [0.2, 0.25) is 0 Å². The number of nitrogens with zero attached hydrogens (tertiary/aromatic N) is 2. The number of alkyl halides is 2. The molecule has 0 aliphatic carbocycles. The molecule has 0 saturated carbocycles. The lowest BCUT2D eigenvalue weighted by Gasteiger charge is -2.24. The minimum atomic E-state index is -2.55. The summed E-state index contributed by atoms with van der Waals surface area (Å²) in [6.45, 7) is 1.66. The molecule has 0 bridgehead atoms. The first-order valence-corrected chi connectivity index (χ1v) is 9.32. The van der Waals surface area contributed by atoms with E-state index in [0.717, 1.165) is 4.68 Å². The Bertz CT molecular complexity index is 1110. The quantitative estimate of drug-likeness (QED) is 0.468. The first-order valence-electron chi connectivity index (χ1n) is 9.32. The van der Waals surface area contributed by atoms with Crippen LogP contribution >= 0.6 is 0 Å². The number of amides is 2. The van der Waals surface area contributed by atoms with Crippen LogP contribution in [0.25, 0.3) is 11.0 Å². The second kappa shape index (κ2) is 8.72. The average Bonchev–Trinajstić information content (AvgIpc) is 3.27. The van der Waals surface area contributed by atoms with Gasteiger partial charge < -0.3 is 25.3 Å². The van der Waals surface area contributed by atoms with Crippen molar-refractivity contribution in [2.24, 2.45) is 5.73 Å².